The molecule has 28 heavy (non-hydrogen) atoms. The lowest BCUT2D eigenvalue weighted by Gasteiger charge is -2.13. The maximum Gasteiger partial charge on any atom is 0.251 e. The number of sulfonamides is 1. The highest BCUT2D eigenvalue weighted by Gasteiger charge is 2.23. The van der Waals surface area contributed by atoms with E-state index in [1.54, 1.807) is 11.6 Å². The molecular weight excluding hydrogens is 427 g/mol. The topological polar surface area (TPSA) is 102 Å². The Morgan fingerprint density at radius 1 is 1.39 bits per heavy atom. The van der Waals surface area contributed by atoms with Crippen LogP contribution in [0.3, 0.4) is 0 Å². The number of halogens is 2. The van der Waals surface area contributed by atoms with E-state index in [1.165, 1.54) is 24.4 Å². The quantitative estimate of drug-likeness (QED) is 0.677. The van der Waals surface area contributed by atoms with Crippen molar-refractivity contribution in [3.63, 3.8) is 0 Å². The number of amides is 1. The summed E-state index contributed by atoms with van der Waals surface area (Å²) in [6, 6.07) is 4.10. The zero-order chi connectivity index (χ0) is 20.3. The SMILES string of the molecule is Cn1c(Cl)cnc1CNC(=O)c1ccc(Cl)c(S(=O)(=O)NCC2CCCO2)c1. The molecule has 3 rings (SSSR count). The van der Waals surface area contributed by atoms with Gasteiger partial charge in [-0.25, -0.2) is 18.1 Å². The molecule has 0 aliphatic carbocycles. The molecule has 1 aliphatic heterocycles. The first-order chi connectivity index (χ1) is 13.3. The number of aromatic nitrogens is 2. The van der Waals surface area contributed by atoms with Crippen molar-refractivity contribution in [2.45, 2.75) is 30.4 Å². The molecule has 1 atom stereocenters. The molecule has 1 amide bonds. The van der Waals surface area contributed by atoms with Gasteiger partial charge in [-0.05, 0) is 31.0 Å². The fourth-order valence-corrected chi connectivity index (χ4v) is 4.52. The molecule has 2 aromatic rings. The van der Waals surface area contributed by atoms with Crippen LogP contribution in [-0.4, -0.2) is 43.1 Å². The van der Waals surface area contributed by atoms with Gasteiger partial charge in [-0.3, -0.25) is 4.79 Å². The van der Waals surface area contributed by atoms with Crippen LogP contribution in [0.25, 0.3) is 0 Å². The molecule has 0 radical (unpaired) electrons. The van der Waals surface area contributed by atoms with Crippen molar-refractivity contribution >= 4 is 39.1 Å². The number of nitrogens with zero attached hydrogens (tertiary/aromatic N) is 2. The first-order valence-corrected chi connectivity index (χ1v) is 10.9. The van der Waals surface area contributed by atoms with Crippen molar-refractivity contribution in [3.8, 4) is 0 Å². The maximum atomic E-state index is 12.6. The molecule has 0 spiro atoms. The van der Waals surface area contributed by atoms with E-state index in [2.05, 4.69) is 15.0 Å². The predicted molar refractivity (Wildman–Crippen MR) is 105 cm³/mol. The molecular formula is C17H20Cl2N4O4S. The summed E-state index contributed by atoms with van der Waals surface area (Å²) in [5.74, 6) is 0.116. The number of carbonyl (C=O) groups is 1. The Balaban J connectivity index is 1.70. The molecule has 11 heteroatoms. The van der Waals surface area contributed by atoms with E-state index in [1.807, 2.05) is 0 Å². The number of carbonyl (C=O) groups excluding carboxylic acids is 1. The van der Waals surface area contributed by atoms with Crippen LogP contribution >= 0.6 is 23.2 Å². The normalized spacial score (nSPS) is 17.0. The Morgan fingerprint density at radius 3 is 2.82 bits per heavy atom. The van der Waals surface area contributed by atoms with Crippen LogP contribution in [0.5, 0.6) is 0 Å². The van der Waals surface area contributed by atoms with E-state index < -0.39 is 15.9 Å². The van der Waals surface area contributed by atoms with Gasteiger partial charge < -0.3 is 14.6 Å². The van der Waals surface area contributed by atoms with Crippen LogP contribution in [-0.2, 0) is 28.4 Å². The smallest absolute Gasteiger partial charge is 0.251 e. The summed E-state index contributed by atoms with van der Waals surface area (Å²) < 4.78 is 34.8. The lowest BCUT2D eigenvalue weighted by atomic mass is 10.2. The maximum absolute atomic E-state index is 12.6. The average molecular weight is 447 g/mol. The van der Waals surface area contributed by atoms with Crippen molar-refractivity contribution in [1.82, 2.24) is 19.6 Å². The van der Waals surface area contributed by atoms with E-state index in [-0.39, 0.29) is 34.7 Å². The van der Waals surface area contributed by atoms with Crippen LogP contribution in [0.15, 0.2) is 29.3 Å². The molecule has 2 heterocycles. The monoisotopic (exact) mass is 446 g/mol. The zero-order valence-electron chi connectivity index (χ0n) is 15.1. The van der Waals surface area contributed by atoms with Gasteiger partial charge in [0.2, 0.25) is 10.0 Å². The first-order valence-electron chi connectivity index (χ1n) is 8.63. The highest BCUT2D eigenvalue weighted by molar-refractivity contribution is 7.89. The molecule has 0 saturated carbocycles. The lowest BCUT2D eigenvalue weighted by molar-refractivity contribution is 0.0949. The fourth-order valence-electron chi connectivity index (χ4n) is 2.79. The number of benzene rings is 1. The standard InChI is InChI=1S/C17H20Cl2N4O4S/c1-23-15(19)9-20-16(23)10-21-17(24)11-4-5-13(18)14(7-11)28(25,26)22-8-12-3-2-6-27-12/h4-5,7,9,12,22H,2-3,6,8,10H2,1H3,(H,21,24). The summed E-state index contributed by atoms with van der Waals surface area (Å²) in [5.41, 5.74) is 0.169. The molecule has 1 fully saturated rings. The highest BCUT2D eigenvalue weighted by atomic mass is 35.5. The van der Waals surface area contributed by atoms with Crippen LogP contribution in [0, 0.1) is 0 Å². The van der Waals surface area contributed by atoms with Crippen molar-refractivity contribution in [2.24, 2.45) is 7.05 Å². The molecule has 2 N–H and O–H groups in total. The fraction of sp³-hybridized carbons (Fsp3) is 0.412. The second-order valence-corrected chi connectivity index (χ2v) is 8.90. The highest BCUT2D eigenvalue weighted by Crippen LogP contribution is 2.23. The van der Waals surface area contributed by atoms with Gasteiger partial charge in [-0.15, -0.1) is 0 Å². The summed E-state index contributed by atoms with van der Waals surface area (Å²) in [4.78, 5) is 16.4. The minimum Gasteiger partial charge on any atom is -0.377 e. The predicted octanol–water partition coefficient (Wildman–Crippen LogP) is 2.11. The van der Waals surface area contributed by atoms with E-state index in [0.717, 1.165) is 12.8 Å². The molecule has 1 aliphatic rings. The third-order valence-corrected chi connectivity index (χ3v) is 6.70. The zero-order valence-corrected chi connectivity index (χ0v) is 17.4. The average Bonchev–Trinajstić information content (AvgIpc) is 3.29. The van der Waals surface area contributed by atoms with Gasteiger partial charge in [0, 0.05) is 25.8 Å². The van der Waals surface area contributed by atoms with E-state index in [9.17, 15) is 13.2 Å². The van der Waals surface area contributed by atoms with Gasteiger partial charge in [0.1, 0.15) is 15.9 Å². The summed E-state index contributed by atoms with van der Waals surface area (Å²) in [6.07, 6.45) is 3.04. The van der Waals surface area contributed by atoms with Gasteiger partial charge in [0.05, 0.1) is 23.9 Å². The third kappa shape index (κ3) is 4.84. The van der Waals surface area contributed by atoms with Gasteiger partial charge in [-0.1, -0.05) is 23.2 Å². The van der Waals surface area contributed by atoms with Crippen LogP contribution in [0.1, 0.15) is 29.0 Å². The number of hydrogen-bond acceptors (Lipinski definition) is 5. The van der Waals surface area contributed by atoms with E-state index >= 15 is 0 Å². The van der Waals surface area contributed by atoms with Crippen molar-refractivity contribution in [3.05, 3.63) is 46.0 Å². The number of ether oxygens (including phenoxy) is 1. The number of rotatable bonds is 7. The molecule has 1 aromatic carbocycles. The number of imidazole rings is 1. The molecule has 0 bridgehead atoms. The minimum absolute atomic E-state index is 0.0345. The molecule has 1 unspecified atom stereocenters. The first kappa shape index (κ1) is 21.1. The van der Waals surface area contributed by atoms with E-state index in [0.29, 0.717) is 17.6 Å². The van der Waals surface area contributed by atoms with Crippen LogP contribution in [0.4, 0.5) is 0 Å². The van der Waals surface area contributed by atoms with E-state index in [4.69, 9.17) is 27.9 Å². The summed E-state index contributed by atoms with van der Waals surface area (Å²) in [5, 5.41) is 3.17. The van der Waals surface area contributed by atoms with Crippen LogP contribution < -0.4 is 10.0 Å². The summed E-state index contributed by atoms with van der Waals surface area (Å²) in [6.45, 7) is 0.934. The van der Waals surface area contributed by atoms with Crippen molar-refractivity contribution in [1.29, 1.82) is 0 Å². The summed E-state index contributed by atoms with van der Waals surface area (Å²) in [7, 11) is -2.16. The van der Waals surface area contributed by atoms with Crippen LogP contribution in [0.2, 0.25) is 10.2 Å². The Labute approximate surface area is 173 Å². The Bertz CT molecular complexity index is 972. The summed E-state index contributed by atoms with van der Waals surface area (Å²) >= 11 is 12.0. The largest absolute Gasteiger partial charge is 0.377 e. The molecule has 1 saturated heterocycles. The number of nitrogens with one attached hydrogen (secondary N) is 2. The van der Waals surface area contributed by atoms with Gasteiger partial charge in [-0.2, -0.15) is 0 Å². The van der Waals surface area contributed by atoms with Gasteiger partial charge in [0.15, 0.2) is 0 Å². The Kier molecular flexibility index (Phi) is 6.61. The van der Waals surface area contributed by atoms with Gasteiger partial charge in [0.25, 0.3) is 5.91 Å². The third-order valence-electron chi connectivity index (χ3n) is 4.44. The van der Waals surface area contributed by atoms with Crippen molar-refractivity contribution < 1.29 is 17.9 Å². The Hall–Kier alpha value is -1.65. The number of hydrogen-bond donors (Lipinski definition) is 2. The molecule has 152 valence electrons. The minimum atomic E-state index is -3.88. The van der Waals surface area contributed by atoms with Crippen molar-refractivity contribution in [2.75, 3.05) is 13.2 Å². The van der Waals surface area contributed by atoms with Gasteiger partial charge >= 0.3 is 0 Å². The molecule has 1 aromatic heterocycles. The second kappa shape index (κ2) is 8.79. The second-order valence-electron chi connectivity index (χ2n) is 6.37. The molecule has 8 nitrogen and oxygen atoms in total. The lowest BCUT2D eigenvalue weighted by Crippen LogP contribution is -2.32. The Morgan fingerprint density at radius 2 is 2.18 bits per heavy atom.